The average Bonchev–Trinajstić information content (AvgIpc) is 3.24. The Hall–Kier alpha value is -2.66. The van der Waals surface area contributed by atoms with E-state index in [0.717, 1.165) is 24.2 Å². The topological polar surface area (TPSA) is 72.6 Å². The molecule has 5 nitrogen and oxygen atoms in total. The number of benzene rings is 2. The molecule has 5 heteroatoms. The number of ether oxygens (including phenoxy) is 1. The summed E-state index contributed by atoms with van der Waals surface area (Å²) in [6, 6.07) is 19.1. The summed E-state index contributed by atoms with van der Waals surface area (Å²) < 4.78 is 5.78. The van der Waals surface area contributed by atoms with Crippen LogP contribution in [0.5, 0.6) is 0 Å². The van der Waals surface area contributed by atoms with Crippen LogP contribution in [0.1, 0.15) is 50.2 Å². The lowest BCUT2D eigenvalue weighted by molar-refractivity contribution is -0.165. The van der Waals surface area contributed by atoms with Gasteiger partial charge < -0.3 is 9.64 Å². The van der Waals surface area contributed by atoms with Crippen LogP contribution in [0.25, 0.3) is 0 Å². The van der Waals surface area contributed by atoms with Crippen LogP contribution in [0.3, 0.4) is 0 Å². The first-order chi connectivity index (χ1) is 15.4. The van der Waals surface area contributed by atoms with Gasteiger partial charge in [0.05, 0.1) is 5.92 Å². The molecule has 2 aromatic rings. The van der Waals surface area contributed by atoms with E-state index in [1.54, 1.807) is 6.92 Å². The molecule has 4 atom stereocenters. The fourth-order valence-corrected chi connectivity index (χ4v) is 5.21. The lowest BCUT2D eigenvalue weighted by atomic mass is 9.82. The van der Waals surface area contributed by atoms with Crippen molar-refractivity contribution >= 4 is 11.9 Å². The number of amides is 1. The summed E-state index contributed by atoms with van der Waals surface area (Å²) in [7, 11) is 0. The monoisotopic (exact) mass is 434 g/mol. The third-order valence-electron chi connectivity index (χ3n) is 7.07. The lowest BCUT2D eigenvalue weighted by Crippen LogP contribution is -2.41. The quantitative estimate of drug-likeness (QED) is 0.522. The van der Waals surface area contributed by atoms with Crippen molar-refractivity contribution < 1.29 is 14.3 Å². The summed E-state index contributed by atoms with van der Waals surface area (Å²) in [4.78, 5) is 28.5. The first-order valence-corrected chi connectivity index (χ1v) is 11.8. The highest BCUT2D eigenvalue weighted by atomic mass is 16.6. The molecule has 0 radical (unpaired) electrons. The maximum atomic E-state index is 13.3. The third-order valence-corrected chi connectivity index (χ3v) is 7.07. The van der Waals surface area contributed by atoms with Gasteiger partial charge in [-0.25, -0.2) is 0 Å². The normalized spacial score (nSPS) is 23.1. The van der Waals surface area contributed by atoms with E-state index < -0.39 is 17.6 Å². The number of likely N-dealkylation sites (tertiary alicyclic amines) is 1. The van der Waals surface area contributed by atoms with Crippen molar-refractivity contribution in [2.24, 2.45) is 23.5 Å². The number of carbonyl (C=O) groups is 2. The summed E-state index contributed by atoms with van der Waals surface area (Å²) >= 11 is 0. The van der Waals surface area contributed by atoms with Gasteiger partial charge in [-0.3, -0.25) is 15.3 Å². The number of nitrogens with zero attached hydrogens (tertiary/aromatic N) is 1. The zero-order valence-corrected chi connectivity index (χ0v) is 18.9. The first-order valence-electron chi connectivity index (χ1n) is 11.8. The maximum Gasteiger partial charge on any atom is 0.311 e. The predicted molar refractivity (Wildman–Crippen MR) is 124 cm³/mol. The van der Waals surface area contributed by atoms with Crippen LogP contribution in [-0.4, -0.2) is 29.9 Å². The standard InChI is InChI=1S/C27H34N2O3/c1-27(28,24-14-6-3-7-15-24)32-26(31)23(16-20-10-4-2-5-11-20)17-25(30)29-18-21-12-8-9-13-22(21)19-29/h2-7,10-11,14-15,21-23H,8-9,12-13,16-19,28H2,1H3/t21?,22?,23-,27+/m0/s1. The van der Waals surface area contributed by atoms with Crippen LogP contribution >= 0.6 is 0 Å². The molecule has 1 heterocycles. The molecule has 1 aliphatic carbocycles. The van der Waals surface area contributed by atoms with E-state index in [0.29, 0.717) is 18.3 Å². The van der Waals surface area contributed by atoms with E-state index in [9.17, 15) is 9.59 Å². The number of esters is 1. The van der Waals surface area contributed by atoms with Gasteiger partial charge in [-0.15, -0.1) is 0 Å². The number of nitrogens with two attached hydrogens (primary N) is 1. The SMILES string of the molecule is C[C@@](N)(OC(=O)[C@H](CC(=O)N1CC2CCCCC2C1)Cc1ccccc1)c1ccccc1. The highest BCUT2D eigenvalue weighted by Crippen LogP contribution is 2.36. The fourth-order valence-electron chi connectivity index (χ4n) is 5.21. The number of fused-ring (bicyclic) bond motifs is 1. The van der Waals surface area contributed by atoms with Gasteiger partial charge in [-0.05, 0) is 43.6 Å². The molecule has 0 aromatic heterocycles. The van der Waals surface area contributed by atoms with Crippen molar-refractivity contribution in [1.29, 1.82) is 0 Å². The summed E-state index contributed by atoms with van der Waals surface area (Å²) in [5, 5.41) is 0. The molecule has 2 unspecified atom stereocenters. The van der Waals surface area contributed by atoms with Gasteiger partial charge in [0.1, 0.15) is 0 Å². The Labute approximate surface area is 190 Å². The molecule has 1 saturated carbocycles. The zero-order valence-electron chi connectivity index (χ0n) is 18.9. The van der Waals surface area contributed by atoms with Crippen molar-refractivity contribution in [2.45, 2.75) is 51.2 Å². The van der Waals surface area contributed by atoms with Crippen molar-refractivity contribution in [1.82, 2.24) is 4.90 Å². The maximum absolute atomic E-state index is 13.3. The van der Waals surface area contributed by atoms with Crippen molar-refractivity contribution in [3.8, 4) is 0 Å². The van der Waals surface area contributed by atoms with Crippen LogP contribution in [0, 0.1) is 17.8 Å². The summed E-state index contributed by atoms with van der Waals surface area (Å²) in [5.41, 5.74) is 6.85. The van der Waals surface area contributed by atoms with Gasteiger partial charge in [0, 0.05) is 25.1 Å². The molecule has 0 bridgehead atoms. The average molecular weight is 435 g/mol. The lowest BCUT2D eigenvalue weighted by Gasteiger charge is -2.28. The second kappa shape index (κ2) is 9.86. The highest BCUT2D eigenvalue weighted by molar-refractivity contribution is 5.83. The molecule has 1 saturated heterocycles. The first kappa shape index (κ1) is 22.5. The van der Waals surface area contributed by atoms with Crippen LogP contribution < -0.4 is 5.73 Å². The molecule has 2 aliphatic rings. The van der Waals surface area contributed by atoms with Crippen molar-refractivity contribution in [3.05, 3.63) is 71.8 Å². The minimum absolute atomic E-state index is 0.0516. The number of hydrogen-bond donors (Lipinski definition) is 1. The number of hydrogen-bond acceptors (Lipinski definition) is 4. The van der Waals surface area contributed by atoms with Gasteiger partial charge in [-0.2, -0.15) is 0 Å². The van der Waals surface area contributed by atoms with Crippen molar-refractivity contribution in [3.63, 3.8) is 0 Å². The molecular formula is C27H34N2O3. The van der Waals surface area contributed by atoms with E-state index in [-0.39, 0.29) is 12.3 Å². The van der Waals surface area contributed by atoms with Crippen LogP contribution in [0.2, 0.25) is 0 Å². The predicted octanol–water partition coefficient (Wildman–Crippen LogP) is 4.26. The minimum atomic E-state index is -1.25. The van der Waals surface area contributed by atoms with Gasteiger partial charge in [0.2, 0.25) is 5.91 Å². The second-order valence-electron chi connectivity index (χ2n) is 9.59. The molecule has 1 amide bonds. The smallest absolute Gasteiger partial charge is 0.311 e. The Morgan fingerprint density at radius 2 is 1.56 bits per heavy atom. The zero-order chi connectivity index (χ0) is 22.6. The van der Waals surface area contributed by atoms with Gasteiger partial charge in [0.15, 0.2) is 5.72 Å². The minimum Gasteiger partial charge on any atom is -0.440 e. The molecule has 1 aliphatic heterocycles. The van der Waals surface area contributed by atoms with Gasteiger partial charge >= 0.3 is 5.97 Å². The van der Waals surface area contributed by atoms with E-state index in [1.807, 2.05) is 65.6 Å². The van der Waals surface area contributed by atoms with Crippen LogP contribution in [0.4, 0.5) is 0 Å². The summed E-state index contributed by atoms with van der Waals surface area (Å²) in [6.45, 7) is 3.34. The van der Waals surface area contributed by atoms with Crippen LogP contribution in [0.15, 0.2) is 60.7 Å². The molecule has 2 fully saturated rings. The Bertz CT molecular complexity index is 899. The van der Waals surface area contributed by atoms with Crippen molar-refractivity contribution in [2.75, 3.05) is 13.1 Å². The molecule has 170 valence electrons. The molecule has 2 aromatic carbocycles. The summed E-state index contributed by atoms with van der Waals surface area (Å²) in [6.07, 6.45) is 5.57. The largest absolute Gasteiger partial charge is 0.440 e. The van der Waals surface area contributed by atoms with E-state index in [4.69, 9.17) is 10.5 Å². The molecule has 2 N–H and O–H groups in total. The Morgan fingerprint density at radius 1 is 1.00 bits per heavy atom. The van der Waals surface area contributed by atoms with E-state index >= 15 is 0 Å². The molecule has 32 heavy (non-hydrogen) atoms. The van der Waals surface area contributed by atoms with Gasteiger partial charge in [-0.1, -0.05) is 73.5 Å². The Morgan fingerprint density at radius 3 is 2.16 bits per heavy atom. The van der Waals surface area contributed by atoms with Gasteiger partial charge in [0.25, 0.3) is 0 Å². The second-order valence-corrected chi connectivity index (χ2v) is 9.59. The Kier molecular flexibility index (Phi) is 6.95. The number of rotatable bonds is 7. The molecule has 0 spiro atoms. The molecular weight excluding hydrogens is 400 g/mol. The third kappa shape index (κ3) is 5.39. The fraction of sp³-hybridized carbons (Fsp3) is 0.481. The molecule has 4 rings (SSSR count). The van der Waals surface area contributed by atoms with E-state index in [1.165, 1.54) is 25.7 Å². The number of carbonyl (C=O) groups excluding carboxylic acids is 2. The Balaban J connectivity index is 1.47. The summed E-state index contributed by atoms with van der Waals surface area (Å²) in [5.74, 6) is 0.303. The van der Waals surface area contributed by atoms with Crippen LogP contribution in [-0.2, 0) is 26.5 Å². The van der Waals surface area contributed by atoms with E-state index in [2.05, 4.69) is 0 Å². The highest BCUT2D eigenvalue weighted by Gasteiger charge is 2.38.